The van der Waals surface area contributed by atoms with E-state index >= 15 is 0 Å². The van der Waals surface area contributed by atoms with Crippen molar-refractivity contribution in [3.8, 4) is 5.75 Å². The molecule has 0 saturated heterocycles. The third-order valence-electron chi connectivity index (χ3n) is 2.81. The number of benzene rings is 1. The van der Waals surface area contributed by atoms with Crippen molar-refractivity contribution in [2.45, 2.75) is 32.7 Å². The van der Waals surface area contributed by atoms with Crippen LogP contribution < -0.4 is 10.5 Å². The van der Waals surface area contributed by atoms with E-state index in [4.69, 9.17) is 10.5 Å². The topological polar surface area (TPSA) is 69.4 Å². The highest BCUT2D eigenvalue weighted by molar-refractivity contribution is 7.91. The van der Waals surface area contributed by atoms with Gasteiger partial charge < -0.3 is 10.5 Å². The second-order valence-electron chi connectivity index (χ2n) is 4.56. The first kappa shape index (κ1) is 16.0. The number of ether oxygens (including phenoxy) is 1. The lowest BCUT2D eigenvalue weighted by Crippen LogP contribution is -2.13. The quantitative estimate of drug-likeness (QED) is 0.706. The number of hydrogen-bond donors (Lipinski definition) is 1. The van der Waals surface area contributed by atoms with E-state index in [2.05, 4.69) is 0 Å². The maximum atomic E-state index is 11.6. The van der Waals surface area contributed by atoms with Crippen molar-refractivity contribution < 1.29 is 13.2 Å². The average molecular weight is 285 g/mol. The van der Waals surface area contributed by atoms with Crippen molar-refractivity contribution >= 4 is 9.84 Å². The van der Waals surface area contributed by atoms with Crippen LogP contribution >= 0.6 is 0 Å². The molecule has 0 bridgehead atoms. The van der Waals surface area contributed by atoms with Crippen LogP contribution in [0.4, 0.5) is 0 Å². The summed E-state index contributed by atoms with van der Waals surface area (Å²) in [7, 11) is -2.91. The fraction of sp³-hybridized carbons (Fsp3) is 0.571. The lowest BCUT2D eigenvalue weighted by molar-refractivity contribution is 0.317. The van der Waals surface area contributed by atoms with Gasteiger partial charge in [0.2, 0.25) is 0 Å². The molecule has 0 atom stereocenters. The Hall–Kier alpha value is -1.07. The van der Waals surface area contributed by atoms with Crippen LogP contribution in [-0.4, -0.2) is 26.5 Å². The van der Waals surface area contributed by atoms with E-state index in [-0.39, 0.29) is 11.5 Å². The Morgan fingerprint density at radius 1 is 1.21 bits per heavy atom. The Labute approximate surface area is 115 Å². The van der Waals surface area contributed by atoms with Crippen molar-refractivity contribution in [1.82, 2.24) is 0 Å². The minimum atomic E-state index is -2.91. The van der Waals surface area contributed by atoms with Gasteiger partial charge in [0.1, 0.15) is 15.6 Å². The van der Waals surface area contributed by atoms with Crippen LogP contribution in [0, 0.1) is 0 Å². The molecular formula is C14H23NO3S. The van der Waals surface area contributed by atoms with Gasteiger partial charge in [0.25, 0.3) is 0 Å². The smallest absolute Gasteiger partial charge is 0.150 e. The largest absolute Gasteiger partial charge is 0.494 e. The zero-order valence-corrected chi connectivity index (χ0v) is 12.3. The van der Waals surface area contributed by atoms with Crippen molar-refractivity contribution in [3.63, 3.8) is 0 Å². The van der Waals surface area contributed by atoms with Gasteiger partial charge in [-0.3, -0.25) is 0 Å². The fourth-order valence-electron chi connectivity index (χ4n) is 1.70. The normalized spacial score (nSPS) is 11.5. The van der Waals surface area contributed by atoms with Crippen LogP contribution in [0.1, 0.15) is 31.7 Å². The van der Waals surface area contributed by atoms with Crippen molar-refractivity contribution in [1.29, 1.82) is 0 Å². The third kappa shape index (κ3) is 6.59. The molecule has 0 amide bonds. The lowest BCUT2D eigenvalue weighted by Gasteiger charge is -2.08. The molecule has 0 aliphatic carbocycles. The zero-order chi connectivity index (χ0) is 14.1. The standard InChI is InChI=1S/C14H23NO3S/c1-2-3-9-19(16,17)10-5-8-18-14-7-4-6-13(11-14)12-15/h4,6-7,11H,2-3,5,8-10,12,15H2,1H3. The van der Waals surface area contributed by atoms with Gasteiger partial charge in [0.05, 0.1) is 18.1 Å². The maximum absolute atomic E-state index is 11.6. The maximum Gasteiger partial charge on any atom is 0.150 e. The van der Waals surface area contributed by atoms with E-state index in [9.17, 15) is 8.42 Å². The molecule has 0 fully saturated rings. The van der Waals surface area contributed by atoms with Gasteiger partial charge >= 0.3 is 0 Å². The van der Waals surface area contributed by atoms with E-state index in [1.165, 1.54) is 0 Å². The summed E-state index contributed by atoms with van der Waals surface area (Å²) in [6.45, 7) is 2.88. The molecule has 5 heteroatoms. The second-order valence-corrected chi connectivity index (χ2v) is 6.86. The van der Waals surface area contributed by atoms with Crippen LogP contribution in [0.3, 0.4) is 0 Å². The Morgan fingerprint density at radius 2 is 1.95 bits per heavy atom. The molecule has 1 aromatic rings. The summed E-state index contributed by atoms with van der Waals surface area (Å²) in [5.41, 5.74) is 6.55. The number of hydrogen-bond acceptors (Lipinski definition) is 4. The first-order valence-electron chi connectivity index (χ1n) is 6.69. The van der Waals surface area contributed by atoms with Crippen molar-refractivity contribution in [3.05, 3.63) is 29.8 Å². The molecule has 1 aromatic carbocycles. The molecule has 0 aromatic heterocycles. The Morgan fingerprint density at radius 3 is 2.63 bits per heavy atom. The van der Waals surface area contributed by atoms with Crippen LogP contribution in [0.25, 0.3) is 0 Å². The average Bonchev–Trinajstić information content (AvgIpc) is 2.42. The predicted molar refractivity (Wildman–Crippen MR) is 78.0 cm³/mol. The van der Waals surface area contributed by atoms with Crippen LogP contribution in [0.15, 0.2) is 24.3 Å². The van der Waals surface area contributed by atoms with Gasteiger partial charge in [0, 0.05) is 6.54 Å². The summed E-state index contributed by atoms with van der Waals surface area (Å²) >= 11 is 0. The number of rotatable bonds is 9. The monoisotopic (exact) mass is 285 g/mol. The van der Waals surface area contributed by atoms with E-state index in [0.29, 0.717) is 19.6 Å². The van der Waals surface area contributed by atoms with Crippen molar-refractivity contribution in [2.24, 2.45) is 5.73 Å². The lowest BCUT2D eigenvalue weighted by atomic mass is 10.2. The summed E-state index contributed by atoms with van der Waals surface area (Å²) in [6, 6.07) is 7.55. The highest BCUT2D eigenvalue weighted by Crippen LogP contribution is 2.13. The molecule has 4 nitrogen and oxygen atoms in total. The summed E-state index contributed by atoms with van der Waals surface area (Å²) in [6.07, 6.45) is 2.17. The molecule has 108 valence electrons. The van der Waals surface area contributed by atoms with Gasteiger partial charge in [0.15, 0.2) is 0 Å². The first-order valence-corrected chi connectivity index (χ1v) is 8.52. The highest BCUT2D eigenvalue weighted by atomic mass is 32.2. The van der Waals surface area contributed by atoms with E-state index in [1.807, 2.05) is 31.2 Å². The molecule has 2 N–H and O–H groups in total. The molecule has 0 aliphatic rings. The minimum Gasteiger partial charge on any atom is -0.494 e. The third-order valence-corrected chi connectivity index (χ3v) is 4.63. The summed E-state index contributed by atoms with van der Waals surface area (Å²) in [5.74, 6) is 1.23. The summed E-state index contributed by atoms with van der Waals surface area (Å²) in [4.78, 5) is 0. The van der Waals surface area contributed by atoms with E-state index in [0.717, 1.165) is 24.2 Å². The van der Waals surface area contributed by atoms with Crippen LogP contribution in [0.2, 0.25) is 0 Å². The Bertz CT molecular complexity index is 471. The van der Waals surface area contributed by atoms with Gasteiger partial charge in [-0.25, -0.2) is 8.42 Å². The zero-order valence-electron chi connectivity index (χ0n) is 11.5. The molecule has 19 heavy (non-hydrogen) atoms. The van der Waals surface area contributed by atoms with Crippen LogP contribution in [-0.2, 0) is 16.4 Å². The highest BCUT2D eigenvalue weighted by Gasteiger charge is 2.09. The molecule has 0 heterocycles. The molecular weight excluding hydrogens is 262 g/mol. The summed E-state index contributed by atoms with van der Waals surface area (Å²) < 4.78 is 28.8. The molecule has 0 radical (unpaired) electrons. The molecule has 0 aliphatic heterocycles. The fourth-order valence-corrected chi connectivity index (χ4v) is 3.19. The van der Waals surface area contributed by atoms with E-state index < -0.39 is 9.84 Å². The Kier molecular flexibility index (Phi) is 6.87. The van der Waals surface area contributed by atoms with Gasteiger partial charge in [-0.15, -0.1) is 0 Å². The molecule has 0 unspecified atom stereocenters. The summed E-state index contributed by atoms with van der Waals surface area (Å²) in [5, 5.41) is 0. The molecule has 0 spiro atoms. The number of nitrogens with two attached hydrogens (primary N) is 1. The van der Waals surface area contributed by atoms with Crippen LogP contribution in [0.5, 0.6) is 5.75 Å². The van der Waals surface area contributed by atoms with Gasteiger partial charge in [-0.05, 0) is 30.5 Å². The van der Waals surface area contributed by atoms with Gasteiger partial charge in [-0.1, -0.05) is 25.5 Å². The minimum absolute atomic E-state index is 0.198. The molecule has 1 rings (SSSR count). The number of sulfone groups is 1. The second kappa shape index (κ2) is 8.17. The number of unbranched alkanes of at least 4 members (excludes halogenated alkanes) is 1. The van der Waals surface area contributed by atoms with E-state index in [1.54, 1.807) is 0 Å². The first-order chi connectivity index (χ1) is 9.07. The van der Waals surface area contributed by atoms with Crippen molar-refractivity contribution in [2.75, 3.05) is 18.1 Å². The Balaban J connectivity index is 2.30. The van der Waals surface area contributed by atoms with Gasteiger partial charge in [-0.2, -0.15) is 0 Å². The predicted octanol–water partition coefficient (Wildman–Crippen LogP) is 2.13. The SMILES string of the molecule is CCCCS(=O)(=O)CCCOc1cccc(CN)c1. The molecule has 0 saturated carbocycles.